The number of aromatic nitrogens is 1. The van der Waals surface area contributed by atoms with E-state index in [1.807, 2.05) is 0 Å². The quantitative estimate of drug-likeness (QED) is 0.541. The lowest BCUT2D eigenvalue weighted by Gasteiger charge is -2.39. The zero-order valence-electron chi connectivity index (χ0n) is 11.4. The molecule has 8 heteroatoms. The first-order chi connectivity index (χ1) is 10.5. The molecule has 7 nitrogen and oxygen atoms in total. The number of nitrogens with one attached hydrogen (secondary N) is 1. The molecule has 1 aromatic carbocycles. The predicted octanol–water partition coefficient (Wildman–Crippen LogP) is -0.000000000000000278. The second-order valence-corrected chi connectivity index (χ2v) is 5.59. The van der Waals surface area contributed by atoms with Crippen molar-refractivity contribution in [2.24, 2.45) is 0 Å². The molecule has 5 N–H and O–H groups in total. The summed E-state index contributed by atoms with van der Waals surface area (Å²) in [6.07, 6.45) is -5.00. The number of hydrogen-bond donors (Lipinski definition) is 5. The number of benzene rings is 1. The van der Waals surface area contributed by atoms with Crippen molar-refractivity contribution in [1.82, 2.24) is 4.98 Å². The Morgan fingerprint density at radius 2 is 1.95 bits per heavy atom. The van der Waals surface area contributed by atoms with E-state index in [0.717, 1.165) is 10.9 Å². The molecule has 120 valence electrons. The molecule has 0 unspecified atom stereocenters. The first kappa shape index (κ1) is 15.5. The van der Waals surface area contributed by atoms with Gasteiger partial charge < -0.3 is 34.9 Å². The average molecular weight is 330 g/mol. The Balaban J connectivity index is 1.84. The fourth-order valence-electron chi connectivity index (χ4n) is 2.46. The van der Waals surface area contributed by atoms with E-state index in [2.05, 4.69) is 4.98 Å². The molecule has 0 aliphatic carbocycles. The van der Waals surface area contributed by atoms with Crippen LogP contribution in [0.15, 0.2) is 24.4 Å². The number of aliphatic hydroxyl groups excluding tert-OH is 4. The number of hydrogen-bond acceptors (Lipinski definition) is 6. The molecule has 1 aromatic heterocycles. The molecule has 5 atom stereocenters. The molecule has 0 saturated carbocycles. The highest BCUT2D eigenvalue weighted by atomic mass is 35.5. The number of aromatic amines is 1. The Hall–Kier alpha value is -1.35. The third-order valence-electron chi connectivity index (χ3n) is 3.70. The van der Waals surface area contributed by atoms with E-state index in [4.69, 9.17) is 26.2 Å². The molecule has 1 fully saturated rings. The summed E-state index contributed by atoms with van der Waals surface area (Å²) >= 11 is 5.90. The van der Waals surface area contributed by atoms with Crippen molar-refractivity contribution in [2.45, 2.75) is 30.7 Å². The van der Waals surface area contributed by atoms with Crippen LogP contribution in [0.4, 0.5) is 0 Å². The van der Waals surface area contributed by atoms with Gasteiger partial charge in [-0.25, -0.2) is 0 Å². The first-order valence-electron chi connectivity index (χ1n) is 6.75. The van der Waals surface area contributed by atoms with Crippen LogP contribution >= 0.6 is 11.6 Å². The van der Waals surface area contributed by atoms with Gasteiger partial charge in [-0.2, -0.15) is 0 Å². The van der Waals surface area contributed by atoms with Crippen LogP contribution in [0.1, 0.15) is 0 Å². The van der Waals surface area contributed by atoms with Crippen molar-refractivity contribution in [1.29, 1.82) is 0 Å². The Labute approximate surface area is 130 Å². The van der Waals surface area contributed by atoms with Gasteiger partial charge in [0.1, 0.15) is 30.2 Å². The maximum absolute atomic E-state index is 9.96. The molecule has 0 amide bonds. The van der Waals surface area contributed by atoms with Crippen molar-refractivity contribution in [3.05, 3.63) is 29.4 Å². The largest absolute Gasteiger partial charge is 0.460 e. The summed E-state index contributed by atoms with van der Waals surface area (Å²) in [7, 11) is 0. The zero-order chi connectivity index (χ0) is 15.9. The highest BCUT2D eigenvalue weighted by Crippen LogP contribution is 2.31. The zero-order valence-corrected chi connectivity index (χ0v) is 12.1. The molecule has 1 aliphatic heterocycles. The molecule has 0 radical (unpaired) electrons. The van der Waals surface area contributed by atoms with E-state index in [1.54, 1.807) is 24.4 Å². The fraction of sp³-hybridized carbons (Fsp3) is 0.429. The Morgan fingerprint density at radius 1 is 1.18 bits per heavy atom. The maximum Gasteiger partial charge on any atom is 0.229 e. The molecule has 3 rings (SSSR count). The summed E-state index contributed by atoms with van der Waals surface area (Å²) < 4.78 is 10.9. The van der Waals surface area contributed by atoms with Crippen molar-refractivity contribution >= 4 is 22.5 Å². The van der Waals surface area contributed by atoms with Crippen molar-refractivity contribution in [3.8, 4) is 5.75 Å². The highest BCUT2D eigenvalue weighted by molar-refractivity contribution is 6.31. The van der Waals surface area contributed by atoms with Crippen LogP contribution in [-0.4, -0.2) is 62.7 Å². The van der Waals surface area contributed by atoms with Crippen LogP contribution in [0, 0.1) is 0 Å². The van der Waals surface area contributed by atoms with E-state index in [1.165, 1.54) is 0 Å². The molecule has 1 aliphatic rings. The van der Waals surface area contributed by atoms with Crippen LogP contribution in [0.25, 0.3) is 10.9 Å². The first-order valence-corrected chi connectivity index (χ1v) is 7.13. The van der Waals surface area contributed by atoms with Crippen LogP contribution in [0.5, 0.6) is 5.75 Å². The third kappa shape index (κ3) is 2.67. The second-order valence-electron chi connectivity index (χ2n) is 5.16. The summed E-state index contributed by atoms with van der Waals surface area (Å²) in [5.74, 6) is 0.399. The normalized spacial score (nSPS) is 32.3. The summed E-state index contributed by atoms with van der Waals surface area (Å²) in [6.45, 7) is -0.506. The average Bonchev–Trinajstić information content (AvgIpc) is 2.90. The number of H-pyrrole nitrogens is 1. The van der Waals surface area contributed by atoms with Gasteiger partial charge >= 0.3 is 0 Å². The van der Waals surface area contributed by atoms with Gasteiger partial charge in [-0.05, 0) is 18.2 Å². The molecule has 2 aromatic rings. The number of fused-ring (bicyclic) bond motifs is 1. The lowest BCUT2D eigenvalue weighted by atomic mass is 9.99. The van der Waals surface area contributed by atoms with E-state index in [-0.39, 0.29) is 0 Å². The van der Waals surface area contributed by atoms with Crippen molar-refractivity contribution in [3.63, 3.8) is 0 Å². The van der Waals surface area contributed by atoms with Crippen LogP contribution in [0.3, 0.4) is 0 Å². The van der Waals surface area contributed by atoms with Gasteiger partial charge in [0, 0.05) is 16.6 Å². The van der Waals surface area contributed by atoms with Gasteiger partial charge in [0.15, 0.2) is 0 Å². The minimum atomic E-state index is -1.48. The van der Waals surface area contributed by atoms with Gasteiger partial charge in [0.05, 0.1) is 12.1 Å². The van der Waals surface area contributed by atoms with E-state index < -0.39 is 37.3 Å². The minimum Gasteiger partial charge on any atom is -0.460 e. The Kier molecular flexibility index (Phi) is 4.26. The smallest absolute Gasteiger partial charge is 0.229 e. The van der Waals surface area contributed by atoms with Crippen LogP contribution in [-0.2, 0) is 4.74 Å². The summed E-state index contributed by atoms with van der Waals surface area (Å²) in [4.78, 5) is 2.97. The van der Waals surface area contributed by atoms with Crippen molar-refractivity contribution in [2.75, 3.05) is 6.61 Å². The van der Waals surface area contributed by atoms with Gasteiger partial charge in [0.25, 0.3) is 0 Å². The van der Waals surface area contributed by atoms with Crippen LogP contribution in [0.2, 0.25) is 5.02 Å². The van der Waals surface area contributed by atoms with E-state index in [0.29, 0.717) is 10.8 Å². The standard InChI is InChI=1S/C14H16ClNO6/c15-6-1-2-7-8(3-6)16-4-9(7)21-14-13(20)12(19)11(18)10(5-17)22-14/h1-4,10-14,16-20H,5H2/t10-,11-,12-,13-,14+/m1/s1. The van der Waals surface area contributed by atoms with Crippen LogP contribution < -0.4 is 4.74 Å². The molecule has 1 saturated heterocycles. The highest BCUT2D eigenvalue weighted by Gasteiger charge is 2.44. The summed E-state index contributed by atoms with van der Waals surface area (Å²) in [5.41, 5.74) is 0.743. The Morgan fingerprint density at radius 3 is 2.68 bits per heavy atom. The summed E-state index contributed by atoms with van der Waals surface area (Å²) in [6, 6.07) is 5.16. The second kappa shape index (κ2) is 6.04. The number of rotatable bonds is 3. The molecule has 2 heterocycles. The lowest BCUT2D eigenvalue weighted by molar-refractivity contribution is -0.277. The van der Waals surface area contributed by atoms with Gasteiger partial charge in [-0.3, -0.25) is 0 Å². The monoisotopic (exact) mass is 329 g/mol. The number of halogens is 1. The molecular weight excluding hydrogens is 314 g/mol. The Bertz CT molecular complexity index is 660. The van der Waals surface area contributed by atoms with E-state index >= 15 is 0 Å². The maximum atomic E-state index is 9.96. The predicted molar refractivity (Wildman–Crippen MR) is 77.7 cm³/mol. The topological polar surface area (TPSA) is 115 Å². The number of aliphatic hydroxyl groups is 4. The molecule has 0 spiro atoms. The molecular formula is C14H16ClNO6. The summed E-state index contributed by atoms with van der Waals surface area (Å²) in [5, 5.41) is 39.9. The van der Waals surface area contributed by atoms with Gasteiger partial charge in [-0.15, -0.1) is 0 Å². The molecule has 22 heavy (non-hydrogen) atoms. The lowest BCUT2D eigenvalue weighted by Crippen LogP contribution is -2.60. The fourth-order valence-corrected chi connectivity index (χ4v) is 2.63. The minimum absolute atomic E-state index is 0.399. The number of ether oxygens (including phenoxy) is 2. The third-order valence-corrected chi connectivity index (χ3v) is 3.93. The molecule has 0 bridgehead atoms. The SMILES string of the molecule is OC[C@H]1O[C@H](Oc2c[nH]c3cc(Cl)ccc23)[C@H](O)[C@H](O)[C@@H]1O. The van der Waals surface area contributed by atoms with Crippen molar-refractivity contribution < 1.29 is 29.9 Å². The van der Waals surface area contributed by atoms with Gasteiger partial charge in [-0.1, -0.05) is 11.6 Å². The van der Waals surface area contributed by atoms with Gasteiger partial charge in [0.2, 0.25) is 6.29 Å². The van der Waals surface area contributed by atoms with E-state index in [9.17, 15) is 15.3 Å².